The lowest BCUT2D eigenvalue weighted by Gasteiger charge is -2.22. The van der Waals surface area contributed by atoms with Crippen LogP contribution in [0.3, 0.4) is 0 Å². The fourth-order valence-electron chi connectivity index (χ4n) is 1.58. The van der Waals surface area contributed by atoms with Gasteiger partial charge in [-0.25, -0.2) is 9.59 Å². The van der Waals surface area contributed by atoms with E-state index < -0.39 is 18.0 Å². The van der Waals surface area contributed by atoms with E-state index in [-0.39, 0.29) is 6.42 Å². The lowest BCUT2D eigenvalue weighted by molar-refractivity contribution is -0.139. The average molecular weight is 276 g/mol. The van der Waals surface area contributed by atoms with Gasteiger partial charge in [-0.2, -0.15) is 0 Å². The molecule has 0 saturated heterocycles. The highest BCUT2D eigenvalue weighted by Gasteiger charge is 2.22. The standard InChI is InChI=1S/C14H16N2O4/c1-4-7-10(13(17)18)15-14(19)16(2)11-8-5-6-9-12(11)20-3/h1,5-6,8-10H,7H2,2-3H3,(H,15,19)(H,17,18). The summed E-state index contributed by atoms with van der Waals surface area (Å²) in [6, 6.07) is 5.22. The van der Waals surface area contributed by atoms with Crippen molar-refractivity contribution in [2.24, 2.45) is 0 Å². The van der Waals surface area contributed by atoms with Crippen LogP contribution in [-0.4, -0.2) is 37.3 Å². The molecule has 2 amide bonds. The summed E-state index contributed by atoms with van der Waals surface area (Å²) in [6.45, 7) is 0. The van der Waals surface area contributed by atoms with Crippen molar-refractivity contribution in [3.63, 3.8) is 0 Å². The molecule has 0 fully saturated rings. The molecular weight excluding hydrogens is 260 g/mol. The third-order valence-corrected chi connectivity index (χ3v) is 2.67. The highest BCUT2D eigenvalue weighted by molar-refractivity contribution is 5.95. The van der Waals surface area contributed by atoms with Gasteiger partial charge in [-0.1, -0.05) is 12.1 Å². The number of urea groups is 1. The Labute approximate surface area is 117 Å². The smallest absolute Gasteiger partial charge is 0.327 e. The molecule has 0 saturated carbocycles. The van der Waals surface area contributed by atoms with Gasteiger partial charge in [-0.15, -0.1) is 12.3 Å². The molecule has 0 aliphatic rings. The van der Waals surface area contributed by atoms with Gasteiger partial charge in [-0.3, -0.25) is 4.90 Å². The molecule has 0 aliphatic carbocycles. The summed E-state index contributed by atoms with van der Waals surface area (Å²) in [7, 11) is 3.00. The number of nitrogens with one attached hydrogen (secondary N) is 1. The fourth-order valence-corrected chi connectivity index (χ4v) is 1.58. The summed E-state index contributed by atoms with van der Waals surface area (Å²) < 4.78 is 5.15. The summed E-state index contributed by atoms with van der Waals surface area (Å²) in [5, 5.41) is 11.3. The fraction of sp³-hybridized carbons (Fsp3) is 0.286. The number of benzene rings is 1. The van der Waals surface area contributed by atoms with Crippen molar-refractivity contribution in [2.75, 3.05) is 19.1 Å². The molecule has 0 aliphatic heterocycles. The van der Waals surface area contributed by atoms with Gasteiger partial charge in [0.15, 0.2) is 0 Å². The zero-order valence-corrected chi connectivity index (χ0v) is 11.3. The van der Waals surface area contributed by atoms with Gasteiger partial charge < -0.3 is 15.2 Å². The SMILES string of the molecule is C#CCC(NC(=O)N(C)c1ccccc1OC)C(=O)O. The monoisotopic (exact) mass is 276 g/mol. The van der Waals surface area contributed by atoms with Crippen LogP contribution in [0.1, 0.15) is 6.42 Å². The maximum absolute atomic E-state index is 12.0. The Morgan fingerprint density at radius 2 is 2.15 bits per heavy atom. The minimum absolute atomic E-state index is 0.0825. The van der Waals surface area contributed by atoms with Crippen molar-refractivity contribution in [3.05, 3.63) is 24.3 Å². The van der Waals surface area contributed by atoms with E-state index in [2.05, 4.69) is 11.2 Å². The number of hydrogen-bond donors (Lipinski definition) is 2. The second-order valence-electron chi connectivity index (χ2n) is 3.98. The first kappa shape index (κ1) is 15.4. The molecule has 1 rings (SSSR count). The first-order valence-electron chi connectivity index (χ1n) is 5.84. The number of methoxy groups -OCH3 is 1. The van der Waals surface area contributed by atoms with E-state index in [1.807, 2.05) is 0 Å². The van der Waals surface area contributed by atoms with E-state index in [1.165, 1.54) is 19.1 Å². The number of anilines is 1. The summed E-state index contributed by atoms with van der Waals surface area (Å²) in [5.41, 5.74) is 0.525. The molecule has 0 aromatic heterocycles. The number of carbonyl (C=O) groups excluding carboxylic acids is 1. The summed E-state index contributed by atoms with van der Waals surface area (Å²) in [5.74, 6) is 1.55. The first-order chi connectivity index (χ1) is 9.51. The van der Waals surface area contributed by atoms with Crippen molar-refractivity contribution in [2.45, 2.75) is 12.5 Å². The Bertz CT molecular complexity index is 536. The highest BCUT2D eigenvalue weighted by Crippen LogP contribution is 2.26. The van der Waals surface area contributed by atoms with E-state index in [9.17, 15) is 9.59 Å². The number of ether oxygens (including phenoxy) is 1. The van der Waals surface area contributed by atoms with Crippen molar-refractivity contribution in [1.29, 1.82) is 0 Å². The molecule has 20 heavy (non-hydrogen) atoms. The van der Waals surface area contributed by atoms with E-state index in [1.54, 1.807) is 24.3 Å². The number of rotatable bonds is 5. The molecule has 1 unspecified atom stereocenters. The summed E-state index contributed by atoms with van der Waals surface area (Å²) >= 11 is 0. The number of carbonyl (C=O) groups is 2. The lowest BCUT2D eigenvalue weighted by Crippen LogP contribution is -2.46. The summed E-state index contributed by atoms with van der Waals surface area (Å²) in [4.78, 5) is 24.3. The Kier molecular flexibility index (Phi) is 5.42. The van der Waals surface area contributed by atoms with Gasteiger partial charge >= 0.3 is 12.0 Å². The molecule has 0 bridgehead atoms. The second-order valence-corrected chi connectivity index (χ2v) is 3.98. The Balaban J connectivity index is 2.86. The third-order valence-electron chi connectivity index (χ3n) is 2.67. The van der Waals surface area contributed by atoms with Crippen LogP contribution in [0.15, 0.2) is 24.3 Å². The molecule has 6 heteroatoms. The number of nitrogens with zero attached hydrogens (tertiary/aromatic N) is 1. The van der Waals surface area contributed by atoms with Crippen LogP contribution >= 0.6 is 0 Å². The van der Waals surface area contributed by atoms with Crippen LogP contribution in [0.2, 0.25) is 0 Å². The van der Waals surface area contributed by atoms with Gasteiger partial charge in [-0.05, 0) is 12.1 Å². The predicted octanol–water partition coefficient (Wildman–Crippen LogP) is 1.32. The predicted molar refractivity (Wildman–Crippen MR) is 74.8 cm³/mol. The van der Waals surface area contributed by atoms with Crippen LogP contribution in [0.25, 0.3) is 0 Å². The van der Waals surface area contributed by atoms with Gasteiger partial charge in [0.25, 0.3) is 0 Å². The number of carboxylic acids is 1. The minimum Gasteiger partial charge on any atom is -0.495 e. The van der Waals surface area contributed by atoms with Crippen LogP contribution in [0, 0.1) is 12.3 Å². The van der Waals surface area contributed by atoms with Crippen LogP contribution in [0.5, 0.6) is 5.75 Å². The van der Waals surface area contributed by atoms with Gasteiger partial charge in [0, 0.05) is 13.5 Å². The Morgan fingerprint density at radius 1 is 1.50 bits per heavy atom. The van der Waals surface area contributed by atoms with Crippen LogP contribution in [0.4, 0.5) is 10.5 Å². The molecular formula is C14H16N2O4. The molecule has 1 atom stereocenters. The Hall–Kier alpha value is -2.68. The Morgan fingerprint density at radius 3 is 2.70 bits per heavy atom. The number of para-hydroxylation sites is 2. The third kappa shape index (κ3) is 3.65. The number of amides is 2. The van der Waals surface area contributed by atoms with Crippen molar-refractivity contribution < 1.29 is 19.4 Å². The van der Waals surface area contributed by atoms with Crippen molar-refractivity contribution in [1.82, 2.24) is 5.32 Å². The molecule has 0 radical (unpaired) electrons. The number of aliphatic carboxylic acids is 1. The van der Waals surface area contributed by atoms with Crippen LogP contribution < -0.4 is 15.0 Å². The van der Waals surface area contributed by atoms with Gasteiger partial charge in [0.05, 0.1) is 12.8 Å². The molecule has 0 heterocycles. The largest absolute Gasteiger partial charge is 0.495 e. The number of terminal acetylenes is 1. The zero-order valence-electron chi connectivity index (χ0n) is 11.3. The highest BCUT2D eigenvalue weighted by atomic mass is 16.5. The summed E-state index contributed by atoms with van der Waals surface area (Å²) in [6.07, 6.45) is 5.00. The van der Waals surface area contributed by atoms with Gasteiger partial charge in [0.1, 0.15) is 11.8 Å². The molecule has 1 aromatic rings. The van der Waals surface area contributed by atoms with E-state index in [4.69, 9.17) is 16.3 Å². The van der Waals surface area contributed by atoms with Crippen molar-refractivity contribution in [3.8, 4) is 18.1 Å². The molecule has 0 spiro atoms. The quantitative estimate of drug-likeness (QED) is 0.795. The minimum atomic E-state index is -1.18. The van der Waals surface area contributed by atoms with E-state index in [0.29, 0.717) is 11.4 Å². The maximum Gasteiger partial charge on any atom is 0.327 e. The normalized spacial score (nSPS) is 11.1. The van der Waals surface area contributed by atoms with Gasteiger partial charge in [0.2, 0.25) is 0 Å². The number of hydrogen-bond acceptors (Lipinski definition) is 3. The van der Waals surface area contributed by atoms with Crippen molar-refractivity contribution >= 4 is 17.7 Å². The van der Waals surface area contributed by atoms with Crippen LogP contribution in [-0.2, 0) is 4.79 Å². The van der Waals surface area contributed by atoms with E-state index >= 15 is 0 Å². The van der Waals surface area contributed by atoms with E-state index in [0.717, 1.165) is 0 Å². The lowest BCUT2D eigenvalue weighted by atomic mass is 10.2. The molecule has 1 aromatic carbocycles. The maximum atomic E-state index is 12.0. The molecule has 2 N–H and O–H groups in total. The second kappa shape index (κ2) is 7.04. The number of carboxylic acid groups (broad SMARTS) is 1. The first-order valence-corrected chi connectivity index (χ1v) is 5.84. The molecule has 106 valence electrons. The zero-order chi connectivity index (χ0) is 15.1. The topological polar surface area (TPSA) is 78.9 Å². The molecule has 6 nitrogen and oxygen atoms in total. The average Bonchev–Trinajstić information content (AvgIpc) is 2.45.